The van der Waals surface area contributed by atoms with Crippen LogP contribution in [0.2, 0.25) is 0 Å². The summed E-state index contributed by atoms with van der Waals surface area (Å²) >= 11 is 1.45. The minimum atomic E-state index is -0.307. The van der Waals surface area contributed by atoms with E-state index < -0.39 is 0 Å². The molecule has 0 aliphatic heterocycles. The lowest BCUT2D eigenvalue weighted by molar-refractivity contribution is -0.113. The molecule has 0 aliphatic carbocycles. The topological polar surface area (TPSA) is 59.8 Å². The second kappa shape index (κ2) is 7.48. The molecule has 1 N–H and O–H groups in total. The molecule has 0 aliphatic rings. The number of nitrogens with zero attached hydrogens (tertiary/aromatic N) is 3. The monoisotopic (exact) mass is 356 g/mol. The minimum Gasteiger partial charge on any atom is -0.310 e. The number of anilines is 1. The number of amides is 1. The van der Waals surface area contributed by atoms with E-state index >= 15 is 0 Å². The van der Waals surface area contributed by atoms with Gasteiger partial charge in [-0.25, -0.2) is 4.39 Å². The summed E-state index contributed by atoms with van der Waals surface area (Å²) in [6.07, 6.45) is 5.24. The Morgan fingerprint density at radius 2 is 1.84 bits per heavy atom. The highest BCUT2D eigenvalue weighted by molar-refractivity contribution is 7.99. The van der Waals surface area contributed by atoms with Gasteiger partial charge in [0.15, 0.2) is 0 Å². The van der Waals surface area contributed by atoms with Crippen LogP contribution in [-0.2, 0) is 11.8 Å². The summed E-state index contributed by atoms with van der Waals surface area (Å²) in [6, 6.07) is 9.85. The van der Waals surface area contributed by atoms with Crippen LogP contribution in [0.4, 0.5) is 10.2 Å². The highest BCUT2D eigenvalue weighted by atomic mass is 32.2. The number of halogens is 1. The number of carbonyl (C=O) groups is 1. The molecule has 0 bridgehead atoms. The maximum atomic E-state index is 13.3. The van der Waals surface area contributed by atoms with Gasteiger partial charge in [0.2, 0.25) is 5.91 Å². The third-order valence-electron chi connectivity index (χ3n) is 3.67. The van der Waals surface area contributed by atoms with Crippen LogP contribution in [0.3, 0.4) is 0 Å². The van der Waals surface area contributed by atoms with Crippen LogP contribution in [0.15, 0.2) is 48.8 Å². The summed E-state index contributed by atoms with van der Waals surface area (Å²) < 4.78 is 14.9. The molecule has 0 unspecified atom stereocenters. The summed E-state index contributed by atoms with van der Waals surface area (Å²) in [5.41, 5.74) is 3.11. The lowest BCUT2D eigenvalue weighted by Gasteiger charge is -2.09. The number of benzene rings is 1. The molecule has 0 atom stereocenters. The molecule has 0 saturated carbocycles. The summed E-state index contributed by atoms with van der Waals surface area (Å²) in [7, 11) is 1.77. The Morgan fingerprint density at radius 3 is 2.48 bits per heavy atom. The number of hydrogen-bond donors (Lipinski definition) is 1. The van der Waals surface area contributed by atoms with Crippen molar-refractivity contribution in [3.63, 3.8) is 0 Å². The Hall–Kier alpha value is -2.67. The minimum absolute atomic E-state index is 0.100. The van der Waals surface area contributed by atoms with E-state index in [2.05, 4.69) is 15.4 Å². The van der Waals surface area contributed by atoms with Crippen molar-refractivity contribution < 1.29 is 9.18 Å². The SMILES string of the molecule is CSCC(=O)Nc1c(-c2ccncc2)c(-c2ccc(F)cc2)nn1C. The molecular weight excluding hydrogens is 339 g/mol. The molecule has 1 aromatic carbocycles. The molecule has 0 fully saturated rings. The number of thioether (sulfide) groups is 1. The third-order valence-corrected chi connectivity index (χ3v) is 4.22. The van der Waals surface area contributed by atoms with Gasteiger partial charge in [0.1, 0.15) is 17.3 Å². The first-order valence-corrected chi connectivity index (χ1v) is 9.01. The Kier molecular flexibility index (Phi) is 5.14. The summed E-state index contributed by atoms with van der Waals surface area (Å²) in [6.45, 7) is 0. The first-order valence-electron chi connectivity index (χ1n) is 7.62. The second-order valence-electron chi connectivity index (χ2n) is 5.42. The fourth-order valence-electron chi connectivity index (χ4n) is 2.57. The number of hydrogen-bond acceptors (Lipinski definition) is 4. The van der Waals surface area contributed by atoms with Gasteiger partial charge in [-0.1, -0.05) is 0 Å². The van der Waals surface area contributed by atoms with Crippen molar-refractivity contribution in [1.29, 1.82) is 0 Å². The van der Waals surface area contributed by atoms with Crippen molar-refractivity contribution in [2.45, 2.75) is 0 Å². The Balaban J connectivity index is 2.15. The molecule has 3 aromatic rings. The standard InChI is InChI=1S/C18H17FN4OS/c1-23-18(21-15(24)11-25-2)16(12-7-9-20-10-8-12)17(22-23)13-3-5-14(19)6-4-13/h3-10H,11H2,1-2H3,(H,21,24). The van der Waals surface area contributed by atoms with Crippen LogP contribution in [-0.4, -0.2) is 32.7 Å². The molecule has 0 saturated heterocycles. The van der Waals surface area contributed by atoms with Gasteiger partial charge in [-0.15, -0.1) is 0 Å². The Labute approximate surface area is 149 Å². The fraction of sp³-hybridized carbons (Fsp3) is 0.167. The van der Waals surface area contributed by atoms with Crippen LogP contribution in [0, 0.1) is 5.82 Å². The largest absolute Gasteiger partial charge is 0.310 e. The van der Waals surface area contributed by atoms with Crippen LogP contribution >= 0.6 is 11.8 Å². The molecular formula is C18H17FN4OS. The maximum absolute atomic E-state index is 13.3. The molecule has 25 heavy (non-hydrogen) atoms. The van der Waals surface area contributed by atoms with Crippen molar-refractivity contribution in [1.82, 2.24) is 14.8 Å². The first kappa shape index (κ1) is 17.2. The fourth-order valence-corrected chi connectivity index (χ4v) is 2.90. The van der Waals surface area contributed by atoms with Gasteiger partial charge in [0.25, 0.3) is 0 Å². The van der Waals surface area contributed by atoms with Gasteiger partial charge in [0, 0.05) is 25.0 Å². The van der Waals surface area contributed by atoms with Gasteiger partial charge >= 0.3 is 0 Å². The maximum Gasteiger partial charge on any atom is 0.235 e. The van der Waals surface area contributed by atoms with E-state index in [1.807, 2.05) is 18.4 Å². The zero-order valence-electron chi connectivity index (χ0n) is 13.9. The van der Waals surface area contributed by atoms with E-state index in [0.717, 1.165) is 16.7 Å². The van der Waals surface area contributed by atoms with Gasteiger partial charge in [0.05, 0.1) is 11.3 Å². The highest BCUT2D eigenvalue weighted by Crippen LogP contribution is 2.37. The normalized spacial score (nSPS) is 10.7. The molecule has 3 rings (SSSR count). The predicted octanol–water partition coefficient (Wildman–Crippen LogP) is 3.59. The van der Waals surface area contributed by atoms with E-state index in [4.69, 9.17) is 0 Å². The van der Waals surface area contributed by atoms with Crippen LogP contribution in [0.1, 0.15) is 0 Å². The quantitative estimate of drug-likeness (QED) is 0.759. The van der Waals surface area contributed by atoms with E-state index in [0.29, 0.717) is 17.3 Å². The predicted molar refractivity (Wildman–Crippen MR) is 98.8 cm³/mol. The third kappa shape index (κ3) is 3.71. The second-order valence-corrected chi connectivity index (χ2v) is 6.29. The lowest BCUT2D eigenvalue weighted by atomic mass is 10.0. The molecule has 0 radical (unpaired) electrons. The smallest absolute Gasteiger partial charge is 0.235 e. The number of nitrogens with one attached hydrogen (secondary N) is 1. The van der Waals surface area contributed by atoms with E-state index in [-0.39, 0.29) is 11.7 Å². The molecule has 128 valence electrons. The summed E-state index contributed by atoms with van der Waals surface area (Å²) in [5.74, 6) is 0.548. The van der Waals surface area contributed by atoms with Gasteiger partial charge in [-0.2, -0.15) is 16.9 Å². The van der Waals surface area contributed by atoms with Crippen molar-refractivity contribution in [3.05, 3.63) is 54.6 Å². The van der Waals surface area contributed by atoms with Gasteiger partial charge in [-0.3, -0.25) is 14.5 Å². The molecule has 7 heteroatoms. The van der Waals surface area contributed by atoms with Crippen molar-refractivity contribution >= 4 is 23.5 Å². The molecule has 0 spiro atoms. The Morgan fingerprint density at radius 1 is 1.16 bits per heavy atom. The number of pyridine rings is 1. The average Bonchev–Trinajstić information content (AvgIpc) is 2.93. The van der Waals surface area contributed by atoms with E-state index in [1.165, 1.54) is 23.9 Å². The number of aryl methyl sites for hydroxylation is 1. The van der Waals surface area contributed by atoms with Crippen molar-refractivity contribution in [3.8, 4) is 22.4 Å². The zero-order chi connectivity index (χ0) is 17.8. The van der Waals surface area contributed by atoms with Crippen LogP contribution in [0.5, 0.6) is 0 Å². The van der Waals surface area contributed by atoms with Crippen LogP contribution in [0.25, 0.3) is 22.4 Å². The van der Waals surface area contributed by atoms with Gasteiger partial charge < -0.3 is 5.32 Å². The summed E-state index contributed by atoms with van der Waals surface area (Å²) in [5, 5.41) is 7.48. The van der Waals surface area contributed by atoms with E-state index in [9.17, 15) is 9.18 Å². The first-order chi connectivity index (χ1) is 12.1. The average molecular weight is 356 g/mol. The Bertz CT molecular complexity index is 878. The molecule has 1 amide bonds. The van der Waals surface area contributed by atoms with Crippen LogP contribution < -0.4 is 5.32 Å². The molecule has 5 nitrogen and oxygen atoms in total. The molecule has 2 aromatic heterocycles. The number of rotatable bonds is 5. The summed E-state index contributed by atoms with van der Waals surface area (Å²) in [4.78, 5) is 16.1. The van der Waals surface area contributed by atoms with E-state index in [1.54, 1.807) is 36.3 Å². The number of aromatic nitrogens is 3. The number of carbonyl (C=O) groups excluding carboxylic acids is 1. The zero-order valence-corrected chi connectivity index (χ0v) is 14.7. The highest BCUT2D eigenvalue weighted by Gasteiger charge is 2.20. The molecule has 2 heterocycles. The lowest BCUT2D eigenvalue weighted by Crippen LogP contribution is -2.16. The van der Waals surface area contributed by atoms with Crippen molar-refractivity contribution in [2.75, 3.05) is 17.3 Å². The van der Waals surface area contributed by atoms with Gasteiger partial charge in [-0.05, 0) is 48.2 Å². The van der Waals surface area contributed by atoms with Crippen molar-refractivity contribution in [2.24, 2.45) is 7.05 Å².